The van der Waals surface area contributed by atoms with E-state index in [1.165, 1.54) is 24.9 Å². The van der Waals surface area contributed by atoms with Gasteiger partial charge in [0.05, 0.1) is 0 Å². The highest BCUT2D eigenvalue weighted by atomic mass is 16.6. The second kappa shape index (κ2) is 7.56. The molecule has 3 rings (SSSR count). The topological polar surface area (TPSA) is 33.3 Å². The molecule has 0 saturated carbocycles. The summed E-state index contributed by atoms with van der Waals surface area (Å²) >= 11 is 0. The molecule has 2 aliphatic heterocycles. The number of allylic oxidation sites excluding steroid dienone is 2. The molecule has 0 amide bonds. The molecule has 0 spiro atoms. The maximum Gasteiger partial charge on any atom is 0.119 e. The highest BCUT2D eigenvalue weighted by Crippen LogP contribution is 2.22. The van der Waals surface area contributed by atoms with Crippen LogP contribution in [0.2, 0.25) is 0 Å². The summed E-state index contributed by atoms with van der Waals surface area (Å²) in [6.45, 7) is 2.35. The molecule has 0 bridgehead atoms. The number of benzene rings is 1. The highest BCUT2D eigenvalue weighted by molar-refractivity contribution is 5.20. The van der Waals surface area contributed by atoms with Crippen molar-refractivity contribution in [2.24, 2.45) is 0 Å². The molecule has 1 aromatic rings. The lowest BCUT2D eigenvalue weighted by Crippen LogP contribution is -2.28. The predicted octanol–water partition coefficient (Wildman–Crippen LogP) is 2.70. The first kappa shape index (κ1) is 12.7. The van der Waals surface area contributed by atoms with Crippen LogP contribution in [0.5, 0.6) is 0 Å². The minimum Gasteiger partial charge on any atom is -0.391 e. The lowest BCUT2D eigenvalue weighted by molar-refractivity contribution is 0.172. The minimum atomic E-state index is 0.750. The van der Waals surface area contributed by atoms with Gasteiger partial charge < -0.3 is 10.2 Å². The van der Waals surface area contributed by atoms with Crippen LogP contribution in [0.15, 0.2) is 54.9 Å². The fourth-order valence-electron chi connectivity index (χ4n) is 2.12. The van der Waals surface area contributed by atoms with Crippen LogP contribution in [0, 0.1) is 0 Å². The Morgan fingerprint density at radius 2 is 2.00 bits per heavy atom. The number of rotatable bonds is 1. The molecule has 96 valence electrons. The lowest BCUT2D eigenvalue weighted by atomic mass is 9.92. The van der Waals surface area contributed by atoms with Crippen LogP contribution < -0.4 is 10.8 Å². The van der Waals surface area contributed by atoms with Crippen molar-refractivity contribution in [2.75, 3.05) is 13.1 Å². The Balaban J connectivity index is 0.000000169. The van der Waals surface area contributed by atoms with Gasteiger partial charge in [-0.1, -0.05) is 30.3 Å². The predicted molar refractivity (Wildman–Crippen MR) is 73.8 cm³/mol. The summed E-state index contributed by atoms with van der Waals surface area (Å²) < 4.78 is 0. The normalized spacial score (nSPS) is 21.2. The Morgan fingerprint density at radius 3 is 2.50 bits per heavy atom. The van der Waals surface area contributed by atoms with E-state index in [2.05, 4.69) is 46.0 Å². The van der Waals surface area contributed by atoms with Crippen molar-refractivity contribution in [2.45, 2.75) is 18.8 Å². The smallest absolute Gasteiger partial charge is 0.119 e. The first-order chi connectivity index (χ1) is 8.97. The van der Waals surface area contributed by atoms with Gasteiger partial charge in [-0.15, -0.1) is 0 Å². The molecule has 1 atom stereocenters. The molecule has 2 heterocycles. The second-order valence-corrected chi connectivity index (χ2v) is 4.38. The molecule has 1 unspecified atom stereocenters. The van der Waals surface area contributed by atoms with E-state index in [0.717, 1.165) is 12.5 Å². The summed E-state index contributed by atoms with van der Waals surface area (Å²) in [4.78, 5) is 4.55. The van der Waals surface area contributed by atoms with Crippen molar-refractivity contribution < 1.29 is 4.84 Å². The van der Waals surface area contributed by atoms with E-state index in [1.807, 2.05) is 6.08 Å². The third-order valence-electron chi connectivity index (χ3n) is 3.06. The molecule has 18 heavy (non-hydrogen) atoms. The van der Waals surface area contributed by atoms with E-state index in [0.29, 0.717) is 0 Å². The van der Waals surface area contributed by atoms with Crippen LogP contribution >= 0.6 is 0 Å². The third kappa shape index (κ3) is 4.26. The van der Waals surface area contributed by atoms with Crippen LogP contribution in [0.4, 0.5) is 0 Å². The van der Waals surface area contributed by atoms with Gasteiger partial charge in [-0.3, -0.25) is 0 Å². The lowest BCUT2D eigenvalue weighted by Gasteiger charge is -2.22. The maximum absolute atomic E-state index is 4.55. The molecule has 2 N–H and O–H groups in total. The van der Waals surface area contributed by atoms with Crippen LogP contribution in [-0.4, -0.2) is 13.1 Å². The van der Waals surface area contributed by atoms with Crippen LogP contribution in [0.25, 0.3) is 0 Å². The van der Waals surface area contributed by atoms with Crippen LogP contribution in [0.1, 0.15) is 24.3 Å². The van der Waals surface area contributed by atoms with E-state index >= 15 is 0 Å². The van der Waals surface area contributed by atoms with Crippen molar-refractivity contribution in [1.29, 1.82) is 0 Å². The fraction of sp³-hybridized carbons (Fsp3) is 0.333. The van der Waals surface area contributed by atoms with E-state index in [4.69, 9.17) is 0 Å². The SMILES string of the molecule is C1=CNOC=C1.c1ccc(C2CCCNC2)cc1. The highest BCUT2D eigenvalue weighted by Gasteiger charge is 2.13. The quantitative estimate of drug-likeness (QED) is 0.797. The van der Waals surface area contributed by atoms with Gasteiger partial charge in [0.2, 0.25) is 0 Å². The molecule has 0 aromatic heterocycles. The Hall–Kier alpha value is -1.74. The first-order valence-corrected chi connectivity index (χ1v) is 6.45. The number of hydroxylamine groups is 1. The van der Waals surface area contributed by atoms with Gasteiger partial charge in [-0.25, -0.2) is 5.48 Å². The van der Waals surface area contributed by atoms with Gasteiger partial charge in [0.25, 0.3) is 0 Å². The Morgan fingerprint density at radius 1 is 1.11 bits per heavy atom. The van der Waals surface area contributed by atoms with E-state index in [1.54, 1.807) is 18.5 Å². The number of nitrogens with one attached hydrogen (secondary N) is 2. The third-order valence-corrected chi connectivity index (χ3v) is 3.06. The zero-order valence-corrected chi connectivity index (χ0v) is 10.5. The van der Waals surface area contributed by atoms with E-state index in [9.17, 15) is 0 Å². The zero-order valence-electron chi connectivity index (χ0n) is 10.5. The Kier molecular flexibility index (Phi) is 5.34. The summed E-state index contributed by atoms with van der Waals surface area (Å²) in [5.41, 5.74) is 4.01. The largest absolute Gasteiger partial charge is 0.391 e. The standard InChI is InChI=1S/C11H15N.C4H5NO/c1-2-5-10(6-3-1)11-7-4-8-12-9-11;1-2-4-6-5-3-1/h1-3,5-6,11-12H,4,7-9H2;1-5H. The van der Waals surface area contributed by atoms with Crippen molar-refractivity contribution in [3.63, 3.8) is 0 Å². The van der Waals surface area contributed by atoms with Gasteiger partial charge in [-0.2, -0.15) is 0 Å². The summed E-state index contributed by atoms with van der Waals surface area (Å²) in [6, 6.07) is 10.8. The number of hydrogen-bond acceptors (Lipinski definition) is 3. The molecule has 0 radical (unpaired) electrons. The minimum absolute atomic E-state index is 0.750. The van der Waals surface area contributed by atoms with Gasteiger partial charge in [0.15, 0.2) is 0 Å². The number of piperidine rings is 1. The monoisotopic (exact) mass is 244 g/mol. The summed E-state index contributed by atoms with van der Waals surface area (Å²) in [7, 11) is 0. The van der Waals surface area contributed by atoms with Gasteiger partial charge in [-0.05, 0) is 43.0 Å². The van der Waals surface area contributed by atoms with Crippen molar-refractivity contribution >= 4 is 0 Å². The Labute approximate surface area is 108 Å². The molecule has 1 saturated heterocycles. The zero-order chi connectivity index (χ0) is 12.5. The molecule has 3 heteroatoms. The fourth-order valence-corrected chi connectivity index (χ4v) is 2.12. The van der Waals surface area contributed by atoms with E-state index in [-0.39, 0.29) is 0 Å². The molecule has 3 nitrogen and oxygen atoms in total. The van der Waals surface area contributed by atoms with Crippen molar-refractivity contribution in [3.8, 4) is 0 Å². The second-order valence-electron chi connectivity index (χ2n) is 4.38. The maximum atomic E-state index is 4.55. The van der Waals surface area contributed by atoms with Crippen LogP contribution in [0.3, 0.4) is 0 Å². The van der Waals surface area contributed by atoms with Gasteiger partial charge in [0.1, 0.15) is 6.26 Å². The molecule has 1 fully saturated rings. The summed E-state index contributed by atoms with van der Waals surface area (Å²) in [6.07, 6.45) is 9.59. The molecule has 1 aromatic carbocycles. The molecule has 2 aliphatic rings. The van der Waals surface area contributed by atoms with E-state index < -0.39 is 0 Å². The number of hydrogen-bond donors (Lipinski definition) is 2. The van der Waals surface area contributed by atoms with Crippen molar-refractivity contribution in [1.82, 2.24) is 10.8 Å². The van der Waals surface area contributed by atoms with Gasteiger partial charge >= 0.3 is 0 Å². The molecule has 0 aliphatic carbocycles. The van der Waals surface area contributed by atoms with Crippen molar-refractivity contribution in [3.05, 3.63) is 60.5 Å². The Bertz CT molecular complexity index is 369. The summed E-state index contributed by atoms with van der Waals surface area (Å²) in [5.74, 6) is 0.750. The summed E-state index contributed by atoms with van der Waals surface area (Å²) in [5, 5.41) is 3.43. The first-order valence-electron chi connectivity index (χ1n) is 6.45. The average Bonchev–Trinajstić information content (AvgIpc) is 2.51. The molecular weight excluding hydrogens is 224 g/mol. The van der Waals surface area contributed by atoms with Gasteiger partial charge in [0, 0.05) is 12.7 Å². The average molecular weight is 244 g/mol. The van der Waals surface area contributed by atoms with Crippen LogP contribution in [-0.2, 0) is 4.84 Å². The molecular formula is C15H20N2O.